The molecule has 0 radical (unpaired) electrons. The van der Waals surface area contributed by atoms with Crippen LogP contribution in [-0.2, 0) is 14.2 Å². The Morgan fingerprint density at radius 3 is 2.80 bits per heavy atom. The predicted molar refractivity (Wildman–Crippen MR) is 108 cm³/mol. The lowest BCUT2D eigenvalue weighted by atomic mass is 10.1. The fraction of sp³-hybridized carbons (Fsp3) is 0.650. The summed E-state index contributed by atoms with van der Waals surface area (Å²) in [5.41, 5.74) is 1.10. The van der Waals surface area contributed by atoms with Crippen LogP contribution in [0.25, 0.3) is 0 Å². The first-order valence-corrected chi connectivity index (χ1v) is 10.6. The lowest BCUT2D eigenvalue weighted by molar-refractivity contribution is 0.0610. The molecule has 10 heteroatoms. The summed E-state index contributed by atoms with van der Waals surface area (Å²) in [6.07, 6.45) is -0.120. The number of fused-ring (bicyclic) bond motifs is 1. The molecule has 0 amide bonds. The molecule has 5 rings (SSSR count). The van der Waals surface area contributed by atoms with Gasteiger partial charge in [0.1, 0.15) is 24.0 Å². The second kappa shape index (κ2) is 8.46. The van der Waals surface area contributed by atoms with Crippen molar-refractivity contribution in [1.29, 1.82) is 0 Å². The van der Waals surface area contributed by atoms with Crippen molar-refractivity contribution in [2.45, 2.75) is 44.2 Å². The Morgan fingerprint density at radius 2 is 1.97 bits per heavy atom. The molecule has 0 bridgehead atoms. The summed E-state index contributed by atoms with van der Waals surface area (Å²) >= 11 is 0. The maximum absolute atomic E-state index is 6.08. The van der Waals surface area contributed by atoms with E-state index in [1.165, 1.54) is 0 Å². The van der Waals surface area contributed by atoms with Crippen LogP contribution in [0.1, 0.15) is 19.9 Å². The molecular weight excluding hydrogens is 388 g/mol. The quantitative estimate of drug-likeness (QED) is 0.740. The van der Waals surface area contributed by atoms with Crippen LogP contribution in [0, 0.1) is 0 Å². The minimum Gasteiger partial charge on any atom is -0.423 e. The molecule has 0 aliphatic carbocycles. The van der Waals surface area contributed by atoms with E-state index in [2.05, 4.69) is 45.7 Å². The van der Waals surface area contributed by atoms with Gasteiger partial charge in [0.2, 0.25) is 0 Å². The molecule has 162 valence electrons. The predicted octanol–water partition coefficient (Wildman–Crippen LogP) is 1.01. The lowest BCUT2D eigenvalue weighted by Crippen LogP contribution is -2.44. The van der Waals surface area contributed by atoms with Gasteiger partial charge in [0.25, 0.3) is 0 Å². The number of rotatable bonds is 6. The molecule has 1 aromatic carbocycles. The number of morpholine rings is 1. The average molecular weight is 416 g/mol. The minimum absolute atomic E-state index is 0.0147. The largest absolute Gasteiger partial charge is 0.423 e. The minimum atomic E-state index is -0.124. The smallest absolute Gasteiger partial charge is 0.341 e. The molecule has 3 fully saturated rings. The number of hydrogen-bond acceptors (Lipinski definition) is 9. The fourth-order valence-corrected chi connectivity index (χ4v) is 4.39. The van der Waals surface area contributed by atoms with Crippen molar-refractivity contribution in [1.82, 2.24) is 25.5 Å². The number of nitrogens with one attached hydrogen (secondary N) is 1. The molecule has 0 spiro atoms. The molecule has 30 heavy (non-hydrogen) atoms. The third-order valence-corrected chi connectivity index (χ3v) is 5.75. The molecule has 10 nitrogen and oxygen atoms in total. The third kappa shape index (κ3) is 3.87. The van der Waals surface area contributed by atoms with E-state index in [1.54, 1.807) is 4.68 Å². The number of aromatic nitrogens is 4. The first-order valence-electron chi connectivity index (χ1n) is 10.6. The van der Waals surface area contributed by atoms with Crippen LogP contribution < -0.4 is 15.0 Å². The van der Waals surface area contributed by atoms with Gasteiger partial charge in [0, 0.05) is 30.9 Å². The Hall–Kier alpha value is -2.27. The lowest BCUT2D eigenvalue weighted by Gasteiger charge is -2.29. The van der Waals surface area contributed by atoms with E-state index < -0.39 is 0 Å². The summed E-state index contributed by atoms with van der Waals surface area (Å²) in [6, 6.07) is 8.72. The Morgan fingerprint density at radius 1 is 1.13 bits per heavy atom. The van der Waals surface area contributed by atoms with Gasteiger partial charge in [-0.05, 0) is 22.6 Å². The first kappa shape index (κ1) is 19.7. The second-order valence-electron chi connectivity index (χ2n) is 8.20. The van der Waals surface area contributed by atoms with Crippen molar-refractivity contribution in [3.8, 4) is 11.8 Å². The SMILES string of the molecule is CC(C)NC1COC2C1OCC2n1nnnc1Oc1cccc(N2CCOCC2)c1. The summed E-state index contributed by atoms with van der Waals surface area (Å²) < 4.78 is 25.3. The van der Waals surface area contributed by atoms with Crippen LogP contribution in [0.3, 0.4) is 0 Å². The van der Waals surface area contributed by atoms with Gasteiger partial charge in [0.15, 0.2) is 0 Å². The number of nitrogens with zero attached hydrogens (tertiary/aromatic N) is 5. The van der Waals surface area contributed by atoms with Gasteiger partial charge in [-0.1, -0.05) is 25.0 Å². The Balaban J connectivity index is 1.30. The molecule has 1 aromatic heterocycles. The van der Waals surface area contributed by atoms with E-state index in [9.17, 15) is 0 Å². The summed E-state index contributed by atoms with van der Waals surface area (Å²) in [7, 11) is 0. The van der Waals surface area contributed by atoms with Crippen LogP contribution in [0.2, 0.25) is 0 Å². The number of tetrazole rings is 1. The number of anilines is 1. The fourth-order valence-electron chi connectivity index (χ4n) is 4.39. The second-order valence-corrected chi connectivity index (χ2v) is 8.20. The zero-order chi connectivity index (χ0) is 20.5. The number of hydrogen-bond donors (Lipinski definition) is 1. The molecule has 3 aliphatic heterocycles. The normalized spacial score (nSPS) is 28.8. The summed E-state index contributed by atoms with van der Waals surface area (Å²) in [6.45, 7) is 8.56. The highest BCUT2D eigenvalue weighted by atomic mass is 16.6. The Bertz CT molecular complexity index is 855. The van der Waals surface area contributed by atoms with Gasteiger partial charge in [0.05, 0.1) is 32.5 Å². The van der Waals surface area contributed by atoms with Gasteiger partial charge in [-0.2, -0.15) is 4.68 Å². The van der Waals surface area contributed by atoms with Crippen molar-refractivity contribution in [3.63, 3.8) is 0 Å². The molecule has 3 saturated heterocycles. The first-order chi connectivity index (χ1) is 14.7. The highest BCUT2D eigenvalue weighted by molar-refractivity contribution is 5.51. The van der Waals surface area contributed by atoms with Crippen molar-refractivity contribution in [2.75, 3.05) is 44.4 Å². The van der Waals surface area contributed by atoms with Gasteiger partial charge in [-0.25, -0.2) is 0 Å². The highest BCUT2D eigenvalue weighted by Crippen LogP contribution is 2.36. The molecule has 2 aromatic rings. The van der Waals surface area contributed by atoms with E-state index in [4.69, 9.17) is 18.9 Å². The number of ether oxygens (including phenoxy) is 4. The molecule has 0 saturated carbocycles. The Labute approximate surface area is 175 Å². The summed E-state index contributed by atoms with van der Waals surface area (Å²) in [4.78, 5) is 2.28. The molecule has 4 unspecified atom stereocenters. The molecule has 1 N–H and O–H groups in total. The zero-order valence-corrected chi connectivity index (χ0v) is 17.3. The zero-order valence-electron chi connectivity index (χ0n) is 17.3. The molecule has 4 heterocycles. The monoisotopic (exact) mass is 416 g/mol. The van der Waals surface area contributed by atoms with Crippen molar-refractivity contribution >= 4 is 5.69 Å². The summed E-state index contributed by atoms with van der Waals surface area (Å²) in [5.74, 6) is 0.692. The topological polar surface area (TPSA) is 95.8 Å². The van der Waals surface area contributed by atoms with E-state index in [1.807, 2.05) is 18.2 Å². The van der Waals surface area contributed by atoms with Crippen molar-refractivity contribution in [2.24, 2.45) is 0 Å². The Kier molecular flexibility index (Phi) is 5.55. The highest BCUT2D eigenvalue weighted by Gasteiger charge is 2.49. The standard InChI is InChI=1S/C20H28N6O4/c1-13(2)21-16-11-28-19-17(12-29-18(16)19)26-20(22-23-24-26)30-15-5-3-4-14(10-15)25-6-8-27-9-7-25/h3-5,10,13,16-19,21H,6-9,11-12H2,1-2H3. The van der Waals surface area contributed by atoms with Crippen LogP contribution in [0.4, 0.5) is 5.69 Å². The third-order valence-electron chi connectivity index (χ3n) is 5.75. The average Bonchev–Trinajstić information content (AvgIpc) is 3.47. The summed E-state index contributed by atoms with van der Waals surface area (Å²) in [5, 5.41) is 15.6. The van der Waals surface area contributed by atoms with Crippen molar-refractivity contribution < 1.29 is 18.9 Å². The van der Waals surface area contributed by atoms with Gasteiger partial charge < -0.3 is 29.2 Å². The molecular formula is C20H28N6O4. The van der Waals surface area contributed by atoms with E-state index in [0.29, 0.717) is 31.0 Å². The van der Waals surface area contributed by atoms with E-state index in [-0.39, 0.29) is 24.3 Å². The van der Waals surface area contributed by atoms with Crippen LogP contribution in [0.5, 0.6) is 11.8 Å². The van der Waals surface area contributed by atoms with Crippen LogP contribution in [0.15, 0.2) is 24.3 Å². The maximum atomic E-state index is 6.08. The van der Waals surface area contributed by atoms with Crippen LogP contribution >= 0.6 is 0 Å². The van der Waals surface area contributed by atoms with Gasteiger partial charge in [-0.3, -0.25) is 0 Å². The maximum Gasteiger partial charge on any atom is 0.341 e. The van der Waals surface area contributed by atoms with E-state index >= 15 is 0 Å². The van der Waals surface area contributed by atoms with E-state index in [0.717, 1.165) is 32.0 Å². The number of benzene rings is 1. The van der Waals surface area contributed by atoms with Gasteiger partial charge >= 0.3 is 6.01 Å². The van der Waals surface area contributed by atoms with Crippen LogP contribution in [-0.4, -0.2) is 84.0 Å². The van der Waals surface area contributed by atoms with Gasteiger partial charge in [-0.15, -0.1) is 0 Å². The van der Waals surface area contributed by atoms with Crippen molar-refractivity contribution in [3.05, 3.63) is 24.3 Å². The molecule has 4 atom stereocenters. The molecule has 3 aliphatic rings.